The van der Waals surface area contributed by atoms with E-state index in [4.69, 9.17) is 9.47 Å². The summed E-state index contributed by atoms with van der Waals surface area (Å²) < 4.78 is 26.3. The summed E-state index contributed by atoms with van der Waals surface area (Å²) in [5.74, 6) is 1.26. The predicted octanol–water partition coefficient (Wildman–Crippen LogP) is 3.00. The molecule has 0 radical (unpaired) electrons. The molecular formula is C24H32FN9O3. The first-order chi connectivity index (χ1) is 17.6. The molecule has 1 aliphatic rings. The molecule has 1 aromatic carbocycles. The minimum absolute atomic E-state index is 0.141. The first-order valence-electron chi connectivity index (χ1n) is 12.0. The number of hydrogen-bond donors (Lipinski definition) is 3. The molecule has 1 saturated heterocycles. The third-order valence-corrected chi connectivity index (χ3v) is 5.29. The Balaban J connectivity index is 1.60. The van der Waals surface area contributed by atoms with Gasteiger partial charge >= 0.3 is 6.09 Å². The fraction of sp³-hybridized carbons (Fsp3) is 0.458. The second kappa shape index (κ2) is 11.4. The average molecular weight is 514 g/mol. The Kier molecular flexibility index (Phi) is 8.01. The van der Waals surface area contributed by atoms with Gasteiger partial charge in [0.1, 0.15) is 11.4 Å². The molecule has 0 saturated carbocycles. The number of carbonyl (C=O) groups is 1. The Morgan fingerprint density at radius 2 is 1.84 bits per heavy atom. The zero-order chi connectivity index (χ0) is 26.4. The van der Waals surface area contributed by atoms with Gasteiger partial charge in [0.05, 0.1) is 25.6 Å². The number of carbonyl (C=O) groups excluding carboxylic acids is 1. The van der Waals surface area contributed by atoms with E-state index in [2.05, 4.69) is 35.9 Å². The number of nitrogens with one attached hydrogen (secondary N) is 3. The molecule has 3 N–H and O–H groups in total. The minimum atomic E-state index is -0.643. The van der Waals surface area contributed by atoms with Gasteiger partial charge in [0.2, 0.25) is 17.8 Å². The van der Waals surface area contributed by atoms with Crippen molar-refractivity contribution in [1.82, 2.24) is 29.8 Å². The first-order valence-corrected chi connectivity index (χ1v) is 12.0. The summed E-state index contributed by atoms with van der Waals surface area (Å²) >= 11 is 0. The number of nitrogens with zero attached hydrogens (tertiary/aromatic N) is 6. The number of alkyl carbamates (subject to hydrolysis) is 1. The SMILES string of the molecule is Cn1cnc(Nc2nc(N[C@H](CNC(=O)OC(C)(C)C)c3ccc(F)cc3)nc(N3CCOCC3)n2)c1. The molecule has 0 unspecified atom stereocenters. The summed E-state index contributed by atoms with van der Waals surface area (Å²) in [5, 5.41) is 9.14. The highest BCUT2D eigenvalue weighted by Gasteiger charge is 2.21. The van der Waals surface area contributed by atoms with Crippen molar-refractivity contribution < 1.29 is 18.7 Å². The Labute approximate surface area is 214 Å². The van der Waals surface area contributed by atoms with E-state index in [-0.39, 0.29) is 18.3 Å². The van der Waals surface area contributed by atoms with Gasteiger partial charge in [-0.25, -0.2) is 14.2 Å². The molecule has 37 heavy (non-hydrogen) atoms. The maximum Gasteiger partial charge on any atom is 0.407 e. The number of aryl methyl sites for hydroxylation is 1. The molecule has 12 nitrogen and oxygen atoms in total. The molecule has 4 rings (SSSR count). The van der Waals surface area contributed by atoms with E-state index in [0.717, 1.165) is 5.56 Å². The van der Waals surface area contributed by atoms with E-state index in [1.807, 2.05) is 11.9 Å². The van der Waals surface area contributed by atoms with Gasteiger partial charge in [-0.3, -0.25) is 0 Å². The number of amides is 1. The Morgan fingerprint density at radius 3 is 2.49 bits per heavy atom. The summed E-state index contributed by atoms with van der Waals surface area (Å²) in [6.07, 6.45) is 2.90. The number of anilines is 4. The van der Waals surface area contributed by atoms with Crippen LogP contribution in [0.1, 0.15) is 32.4 Å². The number of halogens is 1. The van der Waals surface area contributed by atoms with E-state index in [1.54, 1.807) is 50.0 Å². The van der Waals surface area contributed by atoms with Crippen LogP contribution in [0.15, 0.2) is 36.8 Å². The highest BCUT2D eigenvalue weighted by atomic mass is 19.1. The largest absolute Gasteiger partial charge is 0.444 e. The molecule has 13 heteroatoms. The standard InChI is InChI=1S/C24H32FN9O3/c1-24(2,3)37-23(35)26-13-18(16-5-7-17(25)8-6-16)28-20-30-21(29-19-14-33(4)15-27-19)32-22(31-20)34-9-11-36-12-10-34/h5-8,14-15,18H,9-13H2,1-4H3,(H,26,35)(H2,28,29,30,31,32)/t18-/m1/s1. The molecular weight excluding hydrogens is 481 g/mol. The summed E-state index contributed by atoms with van der Waals surface area (Å²) in [4.78, 5) is 32.3. The van der Waals surface area contributed by atoms with Gasteiger partial charge in [-0.05, 0) is 38.5 Å². The summed E-state index contributed by atoms with van der Waals surface area (Å²) in [5.41, 5.74) is 0.0842. The lowest BCUT2D eigenvalue weighted by Crippen LogP contribution is -2.38. The van der Waals surface area contributed by atoms with Crippen LogP contribution in [0.5, 0.6) is 0 Å². The molecule has 3 aromatic rings. The molecule has 1 amide bonds. The Bertz CT molecular complexity index is 1190. The minimum Gasteiger partial charge on any atom is -0.444 e. The zero-order valence-corrected chi connectivity index (χ0v) is 21.4. The second-order valence-corrected chi connectivity index (χ2v) is 9.56. The maximum atomic E-state index is 13.6. The molecule has 3 heterocycles. The van der Waals surface area contributed by atoms with Gasteiger partial charge < -0.3 is 34.9 Å². The van der Waals surface area contributed by atoms with Crippen molar-refractivity contribution in [2.45, 2.75) is 32.4 Å². The number of morpholine rings is 1. The summed E-state index contributed by atoms with van der Waals surface area (Å²) in [7, 11) is 1.86. The number of rotatable bonds is 8. The second-order valence-electron chi connectivity index (χ2n) is 9.56. The molecule has 1 fully saturated rings. The molecule has 2 aromatic heterocycles. The van der Waals surface area contributed by atoms with Gasteiger partial charge in [-0.2, -0.15) is 15.0 Å². The lowest BCUT2D eigenvalue weighted by molar-refractivity contribution is 0.0525. The van der Waals surface area contributed by atoms with E-state index < -0.39 is 17.7 Å². The Morgan fingerprint density at radius 1 is 1.14 bits per heavy atom. The van der Waals surface area contributed by atoms with Gasteiger partial charge in [0.15, 0.2) is 5.82 Å². The van der Waals surface area contributed by atoms with Crippen molar-refractivity contribution in [2.75, 3.05) is 48.4 Å². The monoisotopic (exact) mass is 513 g/mol. The van der Waals surface area contributed by atoms with E-state index in [0.29, 0.717) is 44.0 Å². The number of aromatic nitrogens is 5. The van der Waals surface area contributed by atoms with Crippen molar-refractivity contribution in [3.05, 3.63) is 48.2 Å². The third-order valence-electron chi connectivity index (χ3n) is 5.29. The van der Waals surface area contributed by atoms with Gasteiger partial charge in [-0.15, -0.1) is 0 Å². The van der Waals surface area contributed by atoms with Crippen LogP contribution in [-0.4, -0.2) is 69.0 Å². The topological polar surface area (TPSA) is 131 Å². The smallest absolute Gasteiger partial charge is 0.407 e. The van der Waals surface area contributed by atoms with Crippen LogP contribution in [0.2, 0.25) is 0 Å². The summed E-state index contributed by atoms with van der Waals surface area (Å²) in [6, 6.07) is 5.51. The number of ether oxygens (including phenoxy) is 2. The van der Waals surface area contributed by atoms with Gasteiger partial charge in [0.25, 0.3) is 0 Å². The molecule has 0 bridgehead atoms. The van der Waals surface area contributed by atoms with Crippen LogP contribution >= 0.6 is 0 Å². The van der Waals surface area contributed by atoms with Crippen LogP contribution in [0, 0.1) is 5.82 Å². The quantitative estimate of drug-likeness (QED) is 0.413. The number of benzene rings is 1. The first kappa shape index (κ1) is 26.1. The number of hydrogen-bond acceptors (Lipinski definition) is 10. The molecule has 1 aliphatic heterocycles. The Hall–Kier alpha value is -4.00. The van der Waals surface area contributed by atoms with E-state index in [1.165, 1.54) is 12.1 Å². The van der Waals surface area contributed by atoms with Crippen LogP contribution in [0.3, 0.4) is 0 Å². The fourth-order valence-corrected chi connectivity index (χ4v) is 3.58. The number of imidazole rings is 1. The fourth-order valence-electron chi connectivity index (χ4n) is 3.58. The van der Waals surface area contributed by atoms with Crippen molar-refractivity contribution in [2.24, 2.45) is 7.05 Å². The van der Waals surface area contributed by atoms with Crippen molar-refractivity contribution in [1.29, 1.82) is 0 Å². The molecule has 0 spiro atoms. The van der Waals surface area contributed by atoms with Crippen LogP contribution in [0.25, 0.3) is 0 Å². The highest BCUT2D eigenvalue weighted by molar-refractivity contribution is 5.67. The molecule has 1 atom stereocenters. The predicted molar refractivity (Wildman–Crippen MR) is 136 cm³/mol. The third kappa shape index (κ3) is 7.74. The average Bonchev–Trinajstić information content (AvgIpc) is 3.26. The lowest BCUT2D eigenvalue weighted by Gasteiger charge is -2.27. The van der Waals surface area contributed by atoms with Crippen molar-refractivity contribution in [3.8, 4) is 0 Å². The maximum absolute atomic E-state index is 13.6. The zero-order valence-electron chi connectivity index (χ0n) is 21.4. The lowest BCUT2D eigenvalue weighted by atomic mass is 10.1. The highest BCUT2D eigenvalue weighted by Crippen LogP contribution is 2.22. The van der Waals surface area contributed by atoms with Crippen LogP contribution in [0.4, 0.5) is 32.8 Å². The van der Waals surface area contributed by atoms with Crippen LogP contribution < -0.4 is 20.9 Å². The molecule has 198 valence electrons. The molecule has 0 aliphatic carbocycles. The van der Waals surface area contributed by atoms with Crippen molar-refractivity contribution >= 4 is 29.8 Å². The summed E-state index contributed by atoms with van der Waals surface area (Å²) in [6.45, 7) is 7.90. The van der Waals surface area contributed by atoms with E-state index in [9.17, 15) is 9.18 Å². The van der Waals surface area contributed by atoms with Crippen LogP contribution in [-0.2, 0) is 16.5 Å². The van der Waals surface area contributed by atoms with E-state index >= 15 is 0 Å². The van der Waals surface area contributed by atoms with Crippen molar-refractivity contribution in [3.63, 3.8) is 0 Å². The normalized spacial score (nSPS) is 14.7. The van der Waals surface area contributed by atoms with Gasteiger partial charge in [0, 0.05) is 32.9 Å². The van der Waals surface area contributed by atoms with Gasteiger partial charge in [-0.1, -0.05) is 12.1 Å².